The number of hydrogen-bond acceptors (Lipinski definition) is 5. The molecule has 146 valence electrons. The van der Waals surface area contributed by atoms with Crippen molar-refractivity contribution >= 4 is 29.4 Å². The zero-order valence-corrected chi connectivity index (χ0v) is 16.0. The zero-order valence-electron chi connectivity index (χ0n) is 15.2. The predicted octanol–water partition coefficient (Wildman–Crippen LogP) is 1.48. The number of hydrogen-bond donors (Lipinski definition) is 0. The Morgan fingerprint density at radius 1 is 1.30 bits per heavy atom. The molecular formula is C19H23ClN2O5. The molecule has 2 fully saturated rings. The molecule has 0 N–H and O–H groups in total. The van der Waals surface area contributed by atoms with E-state index in [-0.39, 0.29) is 24.8 Å². The van der Waals surface area contributed by atoms with Gasteiger partial charge in [0.05, 0.1) is 19.1 Å². The van der Waals surface area contributed by atoms with E-state index in [4.69, 9.17) is 21.1 Å². The highest BCUT2D eigenvalue weighted by Gasteiger charge is 2.37. The normalized spacial score (nSPS) is 21.3. The van der Waals surface area contributed by atoms with Gasteiger partial charge in [0.25, 0.3) is 5.91 Å². The van der Waals surface area contributed by atoms with Crippen LogP contribution in [0.1, 0.15) is 18.9 Å². The van der Waals surface area contributed by atoms with E-state index in [1.165, 1.54) is 0 Å². The van der Waals surface area contributed by atoms with Gasteiger partial charge in [-0.25, -0.2) is 0 Å². The molecule has 0 bridgehead atoms. The van der Waals surface area contributed by atoms with E-state index >= 15 is 0 Å². The number of benzene rings is 1. The Morgan fingerprint density at radius 3 is 2.70 bits per heavy atom. The lowest BCUT2D eigenvalue weighted by Gasteiger charge is -2.29. The maximum absolute atomic E-state index is 12.4. The first-order valence-electron chi connectivity index (χ1n) is 9.04. The molecule has 0 unspecified atom stereocenters. The first-order chi connectivity index (χ1) is 13.0. The number of morpholine rings is 1. The number of carbonyl (C=O) groups excluding carboxylic acids is 3. The van der Waals surface area contributed by atoms with E-state index in [1.807, 2.05) is 18.2 Å². The highest BCUT2D eigenvalue weighted by molar-refractivity contribution is 6.31. The number of nitrogens with zero attached hydrogens (tertiary/aromatic N) is 2. The molecule has 2 aliphatic rings. The second-order valence-electron chi connectivity index (χ2n) is 6.78. The molecule has 2 heterocycles. The van der Waals surface area contributed by atoms with E-state index in [2.05, 4.69) is 0 Å². The molecule has 0 spiro atoms. The van der Waals surface area contributed by atoms with E-state index in [1.54, 1.807) is 22.8 Å². The third kappa shape index (κ3) is 4.78. The molecule has 3 rings (SSSR count). The van der Waals surface area contributed by atoms with Crippen LogP contribution in [-0.2, 0) is 30.4 Å². The highest BCUT2D eigenvalue weighted by atomic mass is 35.5. The SMILES string of the molecule is C[C@H](OC(=O)[C@@H]1CC(=O)N(Cc2ccccc2Cl)C1)C(=O)N1CCOCC1. The van der Waals surface area contributed by atoms with E-state index in [0.29, 0.717) is 37.9 Å². The van der Waals surface area contributed by atoms with E-state index < -0.39 is 18.0 Å². The van der Waals surface area contributed by atoms with Crippen molar-refractivity contribution in [1.29, 1.82) is 0 Å². The smallest absolute Gasteiger partial charge is 0.312 e. The van der Waals surface area contributed by atoms with Crippen molar-refractivity contribution in [2.75, 3.05) is 32.8 Å². The average Bonchev–Trinajstić information content (AvgIpc) is 3.04. The van der Waals surface area contributed by atoms with Gasteiger partial charge >= 0.3 is 5.97 Å². The Labute approximate surface area is 163 Å². The predicted molar refractivity (Wildman–Crippen MR) is 97.9 cm³/mol. The minimum Gasteiger partial charge on any atom is -0.452 e. The second-order valence-corrected chi connectivity index (χ2v) is 7.19. The van der Waals surface area contributed by atoms with Crippen LogP contribution in [0.25, 0.3) is 0 Å². The molecule has 0 aliphatic carbocycles. The number of halogens is 1. The van der Waals surface area contributed by atoms with Crippen LogP contribution in [0.2, 0.25) is 5.02 Å². The molecule has 0 saturated carbocycles. The van der Waals surface area contributed by atoms with Crippen molar-refractivity contribution in [1.82, 2.24) is 9.80 Å². The number of rotatable bonds is 5. The second kappa shape index (κ2) is 8.71. The molecule has 8 heteroatoms. The van der Waals surface area contributed by atoms with Crippen LogP contribution in [0, 0.1) is 5.92 Å². The van der Waals surface area contributed by atoms with Crippen LogP contribution < -0.4 is 0 Å². The molecule has 2 amide bonds. The van der Waals surface area contributed by atoms with Crippen LogP contribution in [0.4, 0.5) is 0 Å². The summed E-state index contributed by atoms with van der Waals surface area (Å²) in [6.07, 6.45) is -0.787. The van der Waals surface area contributed by atoms with Crippen molar-refractivity contribution in [3.8, 4) is 0 Å². The summed E-state index contributed by atoms with van der Waals surface area (Å²) in [5.41, 5.74) is 0.831. The van der Waals surface area contributed by atoms with Crippen LogP contribution in [0.3, 0.4) is 0 Å². The lowest BCUT2D eigenvalue weighted by molar-refractivity contribution is -0.163. The van der Waals surface area contributed by atoms with Gasteiger partial charge in [-0.2, -0.15) is 0 Å². The minimum absolute atomic E-state index is 0.0851. The molecule has 0 aromatic heterocycles. The molecular weight excluding hydrogens is 372 g/mol. The van der Waals surface area contributed by atoms with Gasteiger partial charge in [0.1, 0.15) is 0 Å². The van der Waals surface area contributed by atoms with Crippen LogP contribution in [0.15, 0.2) is 24.3 Å². The fraction of sp³-hybridized carbons (Fsp3) is 0.526. The van der Waals surface area contributed by atoms with Crippen molar-refractivity contribution in [2.24, 2.45) is 5.92 Å². The average molecular weight is 395 g/mol. The largest absolute Gasteiger partial charge is 0.452 e. The molecule has 0 radical (unpaired) electrons. The third-order valence-corrected chi connectivity index (χ3v) is 5.20. The summed E-state index contributed by atoms with van der Waals surface area (Å²) in [6, 6.07) is 7.30. The molecule has 7 nitrogen and oxygen atoms in total. The van der Waals surface area contributed by atoms with Crippen molar-refractivity contribution in [3.05, 3.63) is 34.9 Å². The lowest BCUT2D eigenvalue weighted by atomic mass is 10.1. The van der Waals surface area contributed by atoms with Crippen LogP contribution in [0.5, 0.6) is 0 Å². The first-order valence-corrected chi connectivity index (χ1v) is 9.41. The molecule has 1 aromatic carbocycles. The summed E-state index contributed by atoms with van der Waals surface area (Å²) in [4.78, 5) is 40.3. The Morgan fingerprint density at radius 2 is 2.00 bits per heavy atom. The van der Waals surface area contributed by atoms with Gasteiger partial charge < -0.3 is 19.3 Å². The fourth-order valence-electron chi connectivity index (χ4n) is 3.28. The highest BCUT2D eigenvalue weighted by Crippen LogP contribution is 2.24. The molecule has 2 aliphatic heterocycles. The molecule has 2 saturated heterocycles. The lowest BCUT2D eigenvalue weighted by Crippen LogP contribution is -2.46. The van der Waals surface area contributed by atoms with Gasteiger partial charge in [0, 0.05) is 37.6 Å². The van der Waals surface area contributed by atoms with Gasteiger partial charge in [0.2, 0.25) is 5.91 Å². The monoisotopic (exact) mass is 394 g/mol. The standard InChI is InChI=1S/C19H23ClN2O5/c1-13(18(24)21-6-8-26-9-7-21)27-19(25)15-10-17(23)22(12-15)11-14-4-2-3-5-16(14)20/h2-5,13,15H,6-12H2,1H3/t13-,15+/m0/s1. The van der Waals surface area contributed by atoms with Gasteiger partial charge in [-0.1, -0.05) is 29.8 Å². The van der Waals surface area contributed by atoms with Crippen LogP contribution in [-0.4, -0.2) is 66.5 Å². The first kappa shape index (κ1) is 19.6. The summed E-state index contributed by atoms with van der Waals surface area (Å²) in [5, 5.41) is 0.584. The van der Waals surface area contributed by atoms with Gasteiger partial charge in [-0.05, 0) is 18.6 Å². The molecule has 27 heavy (non-hydrogen) atoms. The minimum atomic E-state index is -0.872. The summed E-state index contributed by atoms with van der Waals surface area (Å²) < 4.78 is 10.6. The van der Waals surface area contributed by atoms with Crippen molar-refractivity contribution < 1.29 is 23.9 Å². The Kier molecular flexibility index (Phi) is 6.34. The maximum atomic E-state index is 12.4. The summed E-state index contributed by atoms with van der Waals surface area (Å²) in [5.74, 6) is -1.44. The topological polar surface area (TPSA) is 76.2 Å². The van der Waals surface area contributed by atoms with Gasteiger partial charge in [0.15, 0.2) is 6.10 Å². The fourth-order valence-corrected chi connectivity index (χ4v) is 3.47. The van der Waals surface area contributed by atoms with Crippen LogP contribution >= 0.6 is 11.6 Å². The summed E-state index contributed by atoms with van der Waals surface area (Å²) >= 11 is 6.15. The van der Waals surface area contributed by atoms with E-state index in [9.17, 15) is 14.4 Å². The van der Waals surface area contributed by atoms with Gasteiger partial charge in [-0.15, -0.1) is 0 Å². The third-order valence-electron chi connectivity index (χ3n) is 4.83. The van der Waals surface area contributed by atoms with Crippen molar-refractivity contribution in [2.45, 2.75) is 26.0 Å². The maximum Gasteiger partial charge on any atom is 0.312 e. The molecule has 2 atom stereocenters. The zero-order chi connectivity index (χ0) is 19.4. The number of esters is 1. The van der Waals surface area contributed by atoms with E-state index in [0.717, 1.165) is 5.56 Å². The van der Waals surface area contributed by atoms with Crippen molar-refractivity contribution in [3.63, 3.8) is 0 Å². The number of ether oxygens (including phenoxy) is 2. The molecule has 1 aromatic rings. The Hall–Kier alpha value is -2.12. The number of likely N-dealkylation sites (tertiary alicyclic amines) is 1. The number of carbonyl (C=O) groups is 3. The quantitative estimate of drug-likeness (QED) is 0.707. The summed E-state index contributed by atoms with van der Waals surface area (Å²) in [6.45, 7) is 4.14. The number of amides is 2. The van der Waals surface area contributed by atoms with Gasteiger partial charge in [-0.3, -0.25) is 14.4 Å². The Bertz CT molecular complexity index is 720. The Balaban J connectivity index is 1.54. The summed E-state index contributed by atoms with van der Waals surface area (Å²) in [7, 11) is 0.